The Bertz CT molecular complexity index is 479. The van der Waals surface area contributed by atoms with Crippen LogP contribution in [-0.4, -0.2) is 18.1 Å². The Morgan fingerprint density at radius 3 is 2.58 bits per heavy atom. The standard InChI is InChI=1S/C13H14F3NO2/c14-13(15,16)10-5-2-1-4-9(10)8-12(11(18)19)6-3-7-17-12/h1-2,4-5,17H,3,6-8H2,(H,18,19)/t12-/m0/s1. The number of nitrogens with two attached hydrogens (primary N) is 1. The van der Waals surface area contributed by atoms with E-state index >= 15 is 0 Å². The summed E-state index contributed by atoms with van der Waals surface area (Å²) in [5.74, 6) is -1.29. The van der Waals surface area contributed by atoms with Crippen molar-refractivity contribution >= 4 is 5.97 Å². The number of hydrogen-bond acceptors (Lipinski definition) is 2. The van der Waals surface area contributed by atoms with Gasteiger partial charge in [0.15, 0.2) is 0 Å². The molecule has 0 unspecified atom stereocenters. The topological polar surface area (TPSA) is 56.7 Å². The van der Waals surface area contributed by atoms with Gasteiger partial charge in [0.05, 0.1) is 12.1 Å². The lowest BCUT2D eigenvalue weighted by Crippen LogP contribution is -2.97. The largest absolute Gasteiger partial charge is 0.544 e. The highest BCUT2D eigenvalue weighted by Crippen LogP contribution is 2.33. The average Bonchev–Trinajstić information content (AvgIpc) is 2.78. The molecule has 1 heterocycles. The number of quaternary nitrogens is 1. The maximum Gasteiger partial charge on any atom is 0.416 e. The fourth-order valence-corrected chi connectivity index (χ4v) is 2.61. The summed E-state index contributed by atoms with van der Waals surface area (Å²) in [6.45, 7) is 0.599. The fraction of sp³-hybridized carbons (Fsp3) is 0.462. The predicted molar refractivity (Wildman–Crippen MR) is 58.9 cm³/mol. The first-order valence-electron chi connectivity index (χ1n) is 6.06. The molecule has 1 aromatic rings. The van der Waals surface area contributed by atoms with Crippen LogP contribution >= 0.6 is 0 Å². The molecule has 1 aromatic carbocycles. The van der Waals surface area contributed by atoms with Crippen LogP contribution in [0.2, 0.25) is 0 Å². The quantitative estimate of drug-likeness (QED) is 0.849. The monoisotopic (exact) mass is 273 g/mol. The molecule has 104 valence electrons. The number of rotatable bonds is 3. The maximum atomic E-state index is 12.9. The summed E-state index contributed by atoms with van der Waals surface area (Å²) in [6.07, 6.45) is -3.63. The van der Waals surface area contributed by atoms with E-state index in [0.29, 0.717) is 19.4 Å². The van der Waals surface area contributed by atoms with Crippen molar-refractivity contribution in [3.05, 3.63) is 35.4 Å². The Morgan fingerprint density at radius 2 is 2.05 bits per heavy atom. The molecule has 1 aliphatic rings. The van der Waals surface area contributed by atoms with Crippen LogP contribution in [0.1, 0.15) is 24.0 Å². The molecule has 3 nitrogen and oxygen atoms in total. The Balaban J connectivity index is 2.35. The van der Waals surface area contributed by atoms with E-state index in [4.69, 9.17) is 0 Å². The van der Waals surface area contributed by atoms with Crippen LogP contribution in [0.5, 0.6) is 0 Å². The highest BCUT2D eigenvalue weighted by atomic mass is 19.4. The Labute approximate surface area is 108 Å². The number of carbonyl (C=O) groups is 1. The smallest absolute Gasteiger partial charge is 0.416 e. The number of carboxylic acid groups (broad SMARTS) is 1. The highest BCUT2D eigenvalue weighted by molar-refractivity contribution is 5.75. The van der Waals surface area contributed by atoms with Gasteiger partial charge in [0.2, 0.25) is 0 Å². The number of benzene rings is 1. The summed E-state index contributed by atoms with van der Waals surface area (Å²) in [5.41, 5.74) is -2.02. The number of alkyl halides is 3. The van der Waals surface area contributed by atoms with Crippen LogP contribution in [0.25, 0.3) is 0 Å². The minimum atomic E-state index is -4.47. The second-order valence-corrected chi connectivity index (χ2v) is 4.87. The maximum absolute atomic E-state index is 12.9. The molecule has 2 N–H and O–H groups in total. The van der Waals surface area contributed by atoms with Gasteiger partial charge in [-0.05, 0) is 11.6 Å². The van der Waals surface area contributed by atoms with Gasteiger partial charge in [-0.1, -0.05) is 18.2 Å². The first-order chi connectivity index (χ1) is 8.85. The molecular formula is C13H14F3NO2. The minimum absolute atomic E-state index is 0.0114. The number of aliphatic carboxylic acids is 1. The van der Waals surface area contributed by atoms with Gasteiger partial charge in [0.25, 0.3) is 0 Å². The minimum Gasteiger partial charge on any atom is -0.544 e. The van der Waals surface area contributed by atoms with Gasteiger partial charge in [-0.3, -0.25) is 0 Å². The summed E-state index contributed by atoms with van der Waals surface area (Å²) in [5, 5.41) is 12.8. The summed E-state index contributed by atoms with van der Waals surface area (Å²) >= 11 is 0. The van der Waals surface area contributed by atoms with Crippen LogP contribution in [-0.2, 0) is 17.4 Å². The lowest BCUT2D eigenvalue weighted by Gasteiger charge is -2.28. The second-order valence-electron chi connectivity index (χ2n) is 4.87. The van der Waals surface area contributed by atoms with Crippen molar-refractivity contribution in [3.8, 4) is 0 Å². The van der Waals surface area contributed by atoms with Crippen LogP contribution in [0, 0.1) is 0 Å². The Morgan fingerprint density at radius 1 is 1.37 bits per heavy atom. The van der Waals surface area contributed by atoms with E-state index in [1.54, 1.807) is 5.32 Å². The molecule has 0 aromatic heterocycles. The molecule has 0 radical (unpaired) electrons. The highest BCUT2D eigenvalue weighted by Gasteiger charge is 2.42. The van der Waals surface area contributed by atoms with Gasteiger partial charge in [0, 0.05) is 19.3 Å². The van der Waals surface area contributed by atoms with E-state index in [1.165, 1.54) is 18.2 Å². The van der Waals surface area contributed by atoms with Crippen LogP contribution in [0.4, 0.5) is 13.2 Å². The summed E-state index contributed by atoms with van der Waals surface area (Å²) in [6, 6.07) is 5.10. The third kappa shape index (κ3) is 2.73. The van der Waals surface area contributed by atoms with E-state index in [-0.39, 0.29) is 12.0 Å². The number of carbonyl (C=O) groups excluding carboxylic acids is 1. The summed E-state index contributed by atoms with van der Waals surface area (Å²) in [7, 11) is 0. The molecule has 1 saturated heterocycles. The first kappa shape index (κ1) is 13.9. The second kappa shape index (κ2) is 4.85. The fourth-order valence-electron chi connectivity index (χ4n) is 2.61. The lowest BCUT2D eigenvalue weighted by atomic mass is 9.87. The SMILES string of the molecule is O=C([O-])[C@@]1(Cc2ccccc2C(F)(F)F)CCC[NH2+]1. The first-order valence-corrected chi connectivity index (χ1v) is 6.06. The van der Waals surface area contributed by atoms with Crippen molar-refractivity contribution < 1.29 is 28.4 Å². The van der Waals surface area contributed by atoms with E-state index < -0.39 is 23.2 Å². The zero-order valence-electron chi connectivity index (χ0n) is 10.2. The molecule has 19 heavy (non-hydrogen) atoms. The average molecular weight is 273 g/mol. The molecule has 1 atom stereocenters. The molecule has 1 aliphatic heterocycles. The molecule has 0 amide bonds. The molecule has 1 fully saturated rings. The molecule has 0 bridgehead atoms. The van der Waals surface area contributed by atoms with Crippen LogP contribution in [0.15, 0.2) is 24.3 Å². The Hall–Kier alpha value is -1.56. The summed E-state index contributed by atoms with van der Waals surface area (Å²) in [4.78, 5) is 11.3. The third-order valence-corrected chi connectivity index (χ3v) is 3.60. The van der Waals surface area contributed by atoms with Crippen molar-refractivity contribution in [1.29, 1.82) is 0 Å². The van der Waals surface area contributed by atoms with Gasteiger partial charge in [-0.2, -0.15) is 13.2 Å². The Kier molecular flexibility index (Phi) is 3.54. The van der Waals surface area contributed by atoms with Gasteiger partial charge >= 0.3 is 6.18 Å². The van der Waals surface area contributed by atoms with E-state index in [1.807, 2.05) is 0 Å². The molecule has 0 saturated carbocycles. The zero-order valence-corrected chi connectivity index (χ0v) is 10.2. The van der Waals surface area contributed by atoms with Gasteiger partial charge in [-0.25, -0.2) is 0 Å². The van der Waals surface area contributed by atoms with E-state index in [2.05, 4.69) is 0 Å². The van der Waals surface area contributed by atoms with Crippen molar-refractivity contribution in [3.63, 3.8) is 0 Å². The lowest BCUT2D eigenvalue weighted by molar-refractivity contribution is -0.700. The normalized spacial score (nSPS) is 23.5. The molecule has 2 rings (SSSR count). The van der Waals surface area contributed by atoms with Crippen molar-refractivity contribution in [2.45, 2.75) is 31.0 Å². The van der Waals surface area contributed by atoms with Crippen LogP contribution in [0.3, 0.4) is 0 Å². The predicted octanol–water partition coefficient (Wildman–Crippen LogP) is 0.0938. The molecular weight excluding hydrogens is 259 g/mol. The van der Waals surface area contributed by atoms with E-state index in [9.17, 15) is 23.1 Å². The van der Waals surface area contributed by atoms with Gasteiger partial charge < -0.3 is 15.2 Å². The number of carboxylic acids is 1. The van der Waals surface area contributed by atoms with Crippen LogP contribution < -0.4 is 10.4 Å². The molecule has 6 heteroatoms. The van der Waals surface area contributed by atoms with E-state index in [0.717, 1.165) is 6.07 Å². The third-order valence-electron chi connectivity index (χ3n) is 3.60. The zero-order chi connectivity index (χ0) is 14.1. The molecule has 0 spiro atoms. The molecule has 0 aliphatic carbocycles. The van der Waals surface area contributed by atoms with Gasteiger partial charge in [-0.15, -0.1) is 0 Å². The van der Waals surface area contributed by atoms with Gasteiger partial charge in [0.1, 0.15) is 11.5 Å². The van der Waals surface area contributed by atoms with Crippen molar-refractivity contribution in [1.82, 2.24) is 0 Å². The van der Waals surface area contributed by atoms with Crippen molar-refractivity contribution in [2.24, 2.45) is 0 Å². The number of hydrogen-bond donors (Lipinski definition) is 1. The summed E-state index contributed by atoms with van der Waals surface area (Å²) < 4.78 is 38.6. The van der Waals surface area contributed by atoms with Crippen molar-refractivity contribution in [2.75, 3.05) is 6.54 Å². The number of halogens is 3.